The molecule has 2 rings (SSSR count). The number of hydrogen-bond donors (Lipinski definition) is 3. The molecular weight excluding hydrogens is 282 g/mol. The van der Waals surface area contributed by atoms with Crippen molar-refractivity contribution in [3.8, 4) is 0 Å². The van der Waals surface area contributed by atoms with Crippen LogP contribution in [0.25, 0.3) is 0 Å². The number of halogens is 1. The fraction of sp³-hybridized carbons (Fsp3) is 0.154. The number of carboxylic acid groups (broad SMARTS) is 1. The van der Waals surface area contributed by atoms with Crippen LogP contribution in [0.4, 0.5) is 5.69 Å². The highest BCUT2D eigenvalue weighted by Gasteiger charge is 2.20. The molecule has 20 heavy (non-hydrogen) atoms. The number of nitrogens with one attached hydrogen (secondary N) is 2. The third-order valence-electron chi connectivity index (χ3n) is 2.83. The quantitative estimate of drug-likeness (QED) is 0.810. The number of nitrogens with zero attached hydrogens (tertiary/aromatic N) is 1. The van der Waals surface area contributed by atoms with Crippen molar-refractivity contribution < 1.29 is 14.7 Å². The molecule has 7 heteroatoms. The van der Waals surface area contributed by atoms with Crippen LogP contribution in [0.15, 0.2) is 18.2 Å². The number of rotatable bonds is 3. The van der Waals surface area contributed by atoms with Gasteiger partial charge in [-0.25, -0.2) is 4.79 Å². The van der Waals surface area contributed by atoms with Crippen LogP contribution in [0, 0.1) is 13.8 Å². The van der Waals surface area contributed by atoms with Crippen LogP contribution in [0.2, 0.25) is 5.02 Å². The number of aromatic carboxylic acids is 1. The van der Waals surface area contributed by atoms with Crippen LogP contribution in [-0.2, 0) is 0 Å². The average molecular weight is 294 g/mol. The number of benzene rings is 1. The number of aromatic nitrogens is 2. The van der Waals surface area contributed by atoms with Gasteiger partial charge in [-0.05, 0) is 26.0 Å². The van der Waals surface area contributed by atoms with Crippen molar-refractivity contribution in [3.63, 3.8) is 0 Å². The number of amides is 1. The summed E-state index contributed by atoms with van der Waals surface area (Å²) in [7, 11) is 0. The van der Waals surface area contributed by atoms with Gasteiger partial charge in [-0.2, -0.15) is 5.10 Å². The molecule has 0 saturated heterocycles. The van der Waals surface area contributed by atoms with E-state index in [9.17, 15) is 9.59 Å². The summed E-state index contributed by atoms with van der Waals surface area (Å²) in [5.74, 6) is -1.63. The number of carbonyl (C=O) groups is 2. The van der Waals surface area contributed by atoms with Crippen LogP contribution in [0.3, 0.4) is 0 Å². The predicted molar refractivity (Wildman–Crippen MR) is 74.4 cm³/mol. The molecule has 0 radical (unpaired) electrons. The first-order valence-electron chi connectivity index (χ1n) is 5.76. The molecule has 0 aliphatic heterocycles. The molecule has 0 aliphatic carbocycles. The standard InChI is InChI=1S/C13H12ClN3O3/c1-6-10(7(2)17-16-6)12(18)15-9-5-3-4-8(14)11(9)13(19)20/h3-5H,1-2H3,(H,15,18)(H,16,17)(H,19,20). The molecule has 0 unspecified atom stereocenters. The van der Waals surface area contributed by atoms with Gasteiger partial charge in [0.1, 0.15) is 5.56 Å². The molecule has 2 aromatic rings. The topological polar surface area (TPSA) is 95.1 Å². The van der Waals surface area contributed by atoms with E-state index >= 15 is 0 Å². The van der Waals surface area contributed by atoms with Gasteiger partial charge < -0.3 is 10.4 Å². The van der Waals surface area contributed by atoms with Gasteiger partial charge in [0.15, 0.2) is 0 Å². The summed E-state index contributed by atoms with van der Waals surface area (Å²) in [6.07, 6.45) is 0. The molecule has 0 bridgehead atoms. The van der Waals surface area contributed by atoms with E-state index in [1.165, 1.54) is 12.1 Å². The minimum Gasteiger partial charge on any atom is -0.478 e. The molecule has 1 heterocycles. The highest BCUT2D eigenvalue weighted by molar-refractivity contribution is 6.34. The van der Waals surface area contributed by atoms with Gasteiger partial charge in [0.05, 0.1) is 22.0 Å². The van der Waals surface area contributed by atoms with E-state index in [0.717, 1.165) is 0 Å². The zero-order valence-corrected chi connectivity index (χ0v) is 11.6. The Kier molecular flexibility index (Phi) is 3.76. The Morgan fingerprint density at radius 1 is 1.30 bits per heavy atom. The summed E-state index contributed by atoms with van der Waals surface area (Å²) in [5, 5.41) is 18.4. The van der Waals surface area contributed by atoms with Crippen molar-refractivity contribution >= 4 is 29.2 Å². The molecule has 0 aliphatic rings. The molecular formula is C13H12ClN3O3. The van der Waals surface area contributed by atoms with Gasteiger partial charge >= 0.3 is 5.97 Å². The molecule has 3 N–H and O–H groups in total. The molecule has 0 saturated carbocycles. The van der Waals surface area contributed by atoms with Crippen LogP contribution < -0.4 is 5.32 Å². The number of aryl methyl sites for hydroxylation is 2. The largest absolute Gasteiger partial charge is 0.478 e. The number of hydrogen-bond acceptors (Lipinski definition) is 3. The summed E-state index contributed by atoms with van der Waals surface area (Å²) in [6, 6.07) is 4.51. The summed E-state index contributed by atoms with van der Waals surface area (Å²) in [5.41, 5.74) is 1.55. The molecule has 6 nitrogen and oxygen atoms in total. The predicted octanol–water partition coefficient (Wildman–Crippen LogP) is 2.63. The van der Waals surface area contributed by atoms with Crippen molar-refractivity contribution in [3.05, 3.63) is 45.7 Å². The van der Waals surface area contributed by atoms with Crippen molar-refractivity contribution in [2.45, 2.75) is 13.8 Å². The van der Waals surface area contributed by atoms with Crippen molar-refractivity contribution in [2.75, 3.05) is 5.32 Å². The maximum Gasteiger partial charge on any atom is 0.339 e. The summed E-state index contributed by atoms with van der Waals surface area (Å²) >= 11 is 5.84. The van der Waals surface area contributed by atoms with Crippen LogP contribution in [0.1, 0.15) is 32.1 Å². The first-order valence-corrected chi connectivity index (χ1v) is 6.14. The molecule has 0 spiro atoms. The summed E-state index contributed by atoms with van der Waals surface area (Å²) in [6.45, 7) is 3.40. The minimum atomic E-state index is -1.20. The lowest BCUT2D eigenvalue weighted by Crippen LogP contribution is -2.16. The lowest BCUT2D eigenvalue weighted by molar-refractivity contribution is 0.0698. The van der Waals surface area contributed by atoms with Gasteiger partial charge in [-0.3, -0.25) is 9.89 Å². The minimum absolute atomic E-state index is 0.0657. The number of carbonyl (C=O) groups excluding carboxylic acids is 1. The van der Waals surface area contributed by atoms with E-state index in [1.807, 2.05) is 0 Å². The summed E-state index contributed by atoms with van der Waals surface area (Å²) < 4.78 is 0. The lowest BCUT2D eigenvalue weighted by atomic mass is 10.1. The Morgan fingerprint density at radius 3 is 2.55 bits per heavy atom. The second kappa shape index (κ2) is 5.34. The fourth-order valence-electron chi connectivity index (χ4n) is 1.92. The zero-order chi connectivity index (χ0) is 14.9. The Labute approximate surface area is 119 Å². The second-order valence-corrected chi connectivity index (χ2v) is 4.64. The first-order chi connectivity index (χ1) is 9.41. The van der Waals surface area contributed by atoms with Crippen LogP contribution in [0.5, 0.6) is 0 Å². The SMILES string of the molecule is Cc1n[nH]c(C)c1C(=O)Nc1cccc(Cl)c1C(=O)O. The molecule has 1 aromatic carbocycles. The second-order valence-electron chi connectivity index (χ2n) is 4.23. The van der Waals surface area contributed by atoms with Crippen molar-refractivity contribution in [2.24, 2.45) is 0 Å². The number of H-pyrrole nitrogens is 1. The van der Waals surface area contributed by atoms with Gasteiger partial charge in [0.25, 0.3) is 5.91 Å². The maximum absolute atomic E-state index is 12.2. The Balaban J connectivity index is 2.39. The van der Waals surface area contributed by atoms with Crippen molar-refractivity contribution in [1.82, 2.24) is 10.2 Å². The van der Waals surface area contributed by atoms with Crippen molar-refractivity contribution in [1.29, 1.82) is 0 Å². The van der Waals surface area contributed by atoms with Gasteiger partial charge in [-0.15, -0.1) is 0 Å². The smallest absolute Gasteiger partial charge is 0.339 e. The Morgan fingerprint density at radius 2 is 2.00 bits per heavy atom. The Hall–Kier alpha value is -2.34. The van der Waals surface area contributed by atoms with Crippen LogP contribution >= 0.6 is 11.6 Å². The lowest BCUT2D eigenvalue weighted by Gasteiger charge is -2.09. The number of carboxylic acids is 1. The van der Waals surface area contributed by atoms with Gasteiger partial charge in [0, 0.05) is 5.69 Å². The first kappa shape index (κ1) is 14.1. The highest BCUT2D eigenvalue weighted by Crippen LogP contribution is 2.25. The van der Waals surface area contributed by atoms with E-state index in [4.69, 9.17) is 16.7 Å². The van der Waals surface area contributed by atoms with Gasteiger partial charge in [-0.1, -0.05) is 17.7 Å². The fourth-order valence-corrected chi connectivity index (χ4v) is 2.17. The average Bonchev–Trinajstić information content (AvgIpc) is 2.68. The third kappa shape index (κ3) is 2.50. The highest BCUT2D eigenvalue weighted by atomic mass is 35.5. The maximum atomic E-state index is 12.2. The van der Waals surface area contributed by atoms with E-state index < -0.39 is 11.9 Å². The molecule has 0 atom stereocenters. The molecule has 104 valence electrons. The number of anilines is 1. The third-order valence-corrected chi connectivity index (χ3v) is 3.15. The zero-order valence-electron chi connectivity index (χ0n) is 10.8. The Bertz CT molecular complexity index is 675. The van der Waals surface area contributed by atoms with E-state index in [-0.39, 0.29) is 16.3 Å². The summed E-state index contributed by atoms with van der Waals surface area (Å²) in [4.78, 5) is 23.4. The van der Waals surface area contributed by atoms with Gasteiger partial charge in [0.2, 0.25) is 0 Å². The van der Waals surface area contributed by atoms with Crippen LogP contribution in [-0.4, -0.2) is 27.2 Å². The molecule has 1 amide bonds. The molecule has 0 fully saturated rings. The monoisotopic (exact) mass is 293 g/mol. The normalized spacial score (nSPS) is 10.3. The molecule has 1 aromatic heterocycles. The van der Waals surface area contributed by atoms with E-state index in [0.29, 0.717) is 17.0 Å². The van der Waals surface area contributed by atoms with E-state index in [1.54, 1.807) is 19.9 Å². The van der Waals surface area contributed by atoms with E-state index in [2.05, 4.69) is 15.5 Å². The number of aromatic amines is 1.